The van der Waals surface area contributed by atoms with Gasteiger partial charge < -0.3 is 0 Å². The highest BCUT2D eigenvalue weighted by molar-refractivity contribution is 7.27. The topological polar surface area (TPSA) is 53.5 Å². The van der Waals surface area contributed by atoms with Crippen LogP contribution in [-0.4, -0.2) is 28.7 Å². The molecule has 0 saturated carbocycles. The van der Waals surface area contributed by atoms with Gasteiger partial charge in [-0.1, -0.05) is 127 Å². The van der Waals surface area contributed by atoms with Crippen LogP contribution < -0.4 is 0 Å². The van der Waals surface area contributed by atoms with Crippen LogP contribution in [0.25, 0.3) is 144 Å². The van der Waals surface area contributed by atoms with Crippen molar-refractivity contribution in [3.63, 3.8) is 0 Å². The molecule has 0 atom stereocenters. The molecule has 0 spiro atoms. The van der Waals surface area contributed by atoms with E-state index >= 15 is 0 Å². The van der Waals surface area contributed by atoms with E-state index in [-0.39, 0.29) is 0 Å². The van der Waals surface area contributed by atoms with Gasteiger partial charge in [0.05, 0.1) is 33.1 Å². The lowest BCUT2D eigenvalue weighted by Gasteiger charge is -2.14. The maximum atomic E-state index is 5.61. The van der Waals surface area contributed by atoms with Crippen molar-refractivity contribution in [2.45, 2.75) is 0 Å². The third-order valence-electron chi connectivity index (χ3n) is 13.7. The van der Waals surface area contributed by atoms with E-state index in [1.807, 2.05) is 34.0 Å². The van der Waals surface area contributed by atoms with Crippen LogP contribution in [0.3, 0.4) is 0 Å². The van der Waals surface area contributed by atoms with E-state index in [9.17, 15) is 0 Å². The minimum atomic E-state index is 0.560. The molecule has 0 aliphatic rings. The van der Waals surface area contributed by atoms with Crippen LogP contribution in [-0.2, 0) is 0 Å². The van der Waals surface area contributed by atoms with Crippen molar-refractivity contribution >= 4 is 160 Å². The summed E-state index contributed by atoms with van der Waals surface area (Å²) in [4.78, 5) is 16.8. The van der Waals surface area contributed by atoms with Crippen molar-refractivity contribution in [1.29, 1.82) is 0 Å². The second-order valence-electron chi connectivity index (χ2n) is 17.1. The fraction of sp³-hybridized carbons (Fsp3) is 0. The number of benzene rings is 9. The summed E-state index contributed by atoms with van der Waals surface area (Å²) < 4.78 is 14.4. The lowest BCUT2D eigenvalue weighted by molar-refractivity contribution is 0.848. The number of thiophene rings is 3. The van der Waals surface area contributed by atoms with E-state index < -0.39 is 0 Å². The van der Waals surface area contributed by atoms with Gasteiger partial charge in [0.15, 0.2) is 0 Å². The Morgan fingerprint density at radius 1 is 0.242 bits per heavy atom. The fourth-order valence-corrected chi connectivity index (χ4v) is 14.8. The Morgan fingerprint density at radius 3 is 0.833 bits per heavy atom. The molecule has 0 amide bonds. The normalized spacial score (nSPS) is 12.5. The first-order valence-electron chi connectivity index (χ1n) is 22.0. The summed E-state index contributed by atoms with van der Waals surface area (Å²) in [5, 5.41) is 14.7. The molecular formula is C57H30N6S3. The van der Waals surface area contributed by atoms with E-state index in [0.717, 1.165) is 33.1 Å². The number of rotatable bonds is 3. The minimum absolute atomic E-state index is 0.560. The average molecular weight is 895 g/mol. The first-order valence-corrected chi connectivity index (χ1v) is 24.5. The van der Waals surface area contributed by atoms with Gasteiger partial charge in [0.2, 0.25) is 17.8 Å². The molecule has 0 saturated heterocycles. The van der Waals surface area contributed by atoms with E-state index in [2.05, 4.69) is 196 Å². The van der Waals surface area contributed by atoms with Gasteiger partial charge in [-0.25, -0.2) is 0 Å². The molecule has 6 nitrogen and oxygen atoms in total. The van der Waals surface area contributed by atoms with Crippen molar-refractivity contribution in [2.24, 2.45) is 0 Å². The predicted octanol–water partition coefficient (Wildman–Crippen LogP) is 16.3. The quantitative estimate of drug-likeness (QED) is 0.178. The van der Waals surface area contributed by atoms with E-state index in [1.165, 1.54) is 92.8 Å². The number of fused-ring (bicyclic) bond motifs is 21. The largest absolute Gasteiger partial charge is 0.278 e. The van der Waals surface area contributed by atoms with Gasteiger partial charge in [-0.3, -0.25) is 13.7 Å². The zero-order valence-electron chi connectivity index (χ0n) is 34.7. The molecule has 16 rings (SSSR count). The maximum Gasteiger partial charge on any atom is 0.241 e. The van der Waals surface area contributed by atoms with Gasteiger partial charge in [-0.05, 0) is 54.6 Å². The number of nitrogens with zero attached hydrogens (tertiary/aromatic N) is 6. The molecule has 0 bridgehead atoms. The first-order chi connectivity index (χ1) is 32.7. The molecule has 306 valence electrons. The van der Waals surface area contributed by atoms with E-state index in [0.29, 0.717) is 17.8 Å². The average Bonchev–Trinajstić information content (AvgIpc) is 4.21. The van der Waals surface area contributed by atoms with Crippen LogP contribution in [0.1, 0.15) is 0 Å². The number of aromatic nitrogens is 6. The summed E-state index contributed by atoms with van der Waals surface area (Å²) in [7, 11) is 0. The molecule has 66 heavy (non-hydrogen) atoms. The lowest BCUT2D eigenvalue weighted by Crippen LogP contribution is -2.13. The molecule has 0 aliphatic heterocycles. The van der Waals surface area contributed by atoms with E-state index in [4.69, 9.17) is 15.0 Å². The highest BCUT2D eigenvalue weighted by atomic mass is 32.1. The van der Waals surface area contributed by atoms with Gasteiger partial charge in [-0.15, -0.1) is 34.0 Å². The Balaban J connectivity index is 1.06. The van der Waals surface area contributed by atoms with Gasteiger partial charge in [0.1, 0.15) is 0 Å². The SMILES string of the molecule is c1ccc2c(c1)sc1c2ccc2c1c1ccccc1n2-c1nc(-n2c3ccccc3c3c4sc5ccccc5c4ccc32)nc(-n2c3ccccc3c3c4sc5ccccc5c4ccc32)n1. The second kappa shape index (κ2) is 12.9. The smallest absolute Gasteiger partial charge is 0.241 e. The molecular weight excluding hydrogens is 865 g/mol. The summed E-state index contributed by atoms with van der Waals surface area (Å²) in [6.07, 6.45) is 0. The molecule has 16 aromatic rings. The van der Waals surface area contributed by atoms with Gasteiger partial charge in [-0.2, -0.15) is 15.0 Å². The summed E-state index contributed by atoms with van der Waals surface area (Å²) in [6, 6.07) is 65.9. The van der Waals surface area contributed by atoms with Gasteiger partial charge in [0, 0.05) is 92.8 Å². The summed E-state index contributed by atoms with van der Waals surface area (Å²) in [5.74, 6) is 1.68. The summed E-state index contributed by atoms with van der Waals surface area (Å²) in [6.45, 7) is 0. The van der Waals surface area contributed by atoms with Crippen molar-refractivity contribution in [3.8, 4) is 17.8 Å². The Bertz CT molecular complexity index is 4290. The summed E-state index contributed by atoms with van der Waals surface area (Å²) >= 11 is 5.56. The number of hydrogen-bond acceptors (Lipinski definition) is 6. The molecule has 0 aliphatic carbocycles. The molecule has 9 heteroatoms. The van der Waals surface area contributed by atoms with Gasteiger partial charge in [0.25, 0.3) is 0 Å². The second-order valence-corrected chi connectivity index (χ2v) is 20.3. The Labute approximate surface area is 386 Å². The molecule has 9 aromatic carbocycles. The van der Waals surface area contributed by atoms with Crippen LogP contribution in [0.5, 0.6) is 0 Å². The van der Waals surface area contributed by atoms with Crippen molar-refractivity contribution < 1.29 is 0 Å². The molecule has 0 N–H and O–H groups in total. The zero-order chi connectivity index (χ0) is 42.8. The third kappa shape index (κ3) is 4.56. The highest BCUT2D eigenvalue weighted by Crippen LogP contribution is 2.47. The molecule has 0 unspecified atom stereocenters. The Kier molecular flexibility index (Phi) is 6.90. The van der Waals surface area contributed by atoms with Crippen LogP contribution in [0.15, 0.2) is 182 Å². The van der Waals surface area contributed by atoms with Crippen molar-refractivity contribution in [3.05, 3.63) is 182 Å². The standard InChI is InChI=1S/C57H30N6S3/c1-7-19-40-37(16-1)49-43(28-25-34-31-13-4-10-22-46(31)64-52(34)49)61(40)55-58-56(62-41-20-8-2-17-38(41)50-44(62)29-26-35-32-14-5-11-23-47(32)65-53(35)50)60-57(59-55)63-42-21-9-3-18-39(42)51-45(63)30-27-36-33-15-6-12-24-48(33)66-54(36)51/h1-30H. The van der Waals surface area contributed by atoms with Crippen LogP contribution in [0.2, 0.25) is 0 Å². The van der Waals surface area contributed by atoms with E-state index in [1.54, 1.807) is 0 Å². The zero-order valence-corrected chi connectivity index (χ0v) is 37.2. The van der Waals surface area contributed by atoms with Crippen LogP contribution in [0, 0.1) is 0 Å². The highest BCUT2D eigenvalue weighted by Gasteiger charge is 2.26. The molecule has 0 radical (unpaired) electrons. The monoisotopic (exact) mass is 894 g/mol. The third-order valence-corrected chi connectivity index (χ3v) is 17.4. The van der Waals surface area contributed by atoms with Crippen molar-refractivity contribution in [2.75, 3.05) is 0 Å². The molecule has 7 aromatic heterocycles. The lowest BCUT2D eigenvalue weighted by atomic mass is 10.1. The molecule has 7 heterocycles. The Hall–Kier alpha value is -7.95. The number of hydrogen-bond donors (Lipinski definition) is 0. The minimum Gasteiger partial charge on any atom is -0.278 e. The molecule has 0 fully saturated rings. The van der Waals surface area contributed by atoms with Crippen LogP contribution in [0.4, 0.5) is 0 Å². The van der Waals surface area contributed by atoms with Gasteiger partial charge >= 0.3 is 0 Å². The first kappa shape index (κ1) is 35.4. The van der Waals surface area contributed by atoms with Crippen LogP contribution >= 0.6 is 34.0 Å². The summed E-state index contributed by atoms with van der Waals surface area (Å²) in [5.41, 5.74) is 6.31. The Morgan fingerprint density at radius 2 is 0.515 bits per heavy atom. The van der Waals surface area contributed by atoms with Crippen molar-refractivity contribution in [1.82, 2.24) is 28.7 Å². The maximum absolute atomic E-state index is 5.61. The number of para-hydroxylation sites is 3. The predicted molar refractivity (Wildman–Crippen MR) is 282 cm³/mol. The fourth-order valence-electron chi connectivity index (χ4n) is 11.0.